The average Bonchev–Trinajstić information content (AvgIpc) is 2.30. The lowest BCUT2D eigenvalue weighted by atomic mass is 10.0. The molecular formula is C13H19N3O. The molecule has 1 aromatic rings. The van der Waals surface area contributed by atoms with Crippen molar-refractivity contribution in [3.63, 3.8) is 0 Å². The van der Waals surface area contributed by atoms with Crippen LogP contribution in [0, 0.1) is 13.8 Å². The molecule has 0 bridgehead atoms. The van der Waals surface area contributed by atoms with E-state index in [0.717, 1.165) is 16.9 Å². The van der Waals surface area contributed by atoms with Crippen LogP contribution in [0.1, 0.15) is 17.5 Å². The zero-order chi connectivity index (χ0) is 12.6. The Morgan fingerprint density at radius 2 is 2.12 bits per heavy atom. The summed E-state index contributed by atoms with van der Waals surface area (Å²) in [5.74, 6) is 0.0409. The number of aryl methyl sites for hydroxylation is 1. The van der Waals surface area contributed by atoms with Crippen LogP contribution in [0.4, 0.5) is 11.4 Å². The molecule has 1 aliphatic heterocycles. The van der Waals surface area contributed by atoms with Crippen LogP contribution in [-0.2, 0) is 4.79 Å². The van der Waals surface area contributed by atoms with Gasteiger partial charge in [0.05, 0.1) is 11.4 Å². The second kappa shape index (κ2) is 4.37. The highest BCUT2D eigenvalue weighted by atomic mass is 16.2. The molecule has 4 nitrogen and oxygen atoms in total. The minimum Gasteiger partial charge on any atom is -0.361 e. The summed E-state index contributed by atoms with van der Waals surface area (Å²) >= 11 is 0. The molecule has 0 saturated heterocycles. The summed E-state index contributed by atoms with van der Waals surface area (Å²) in [5.41, 5.74) is 9.88. The van der Waals surface area contributed by atoms with Crippen LogP contribution < -0.4 is 16.0 Å². The van der Waals surface area contributed by atoms with Crippen LogP contribution in [-0.4, -0.2) is 25.5 Å². The molecule has 92 valence electrons. The molecule has 1 aromatic carbocycles. The molecule has 0 radical (unpaired) electrons. The SMILES string of the molecule is Cc1ccc2c(c1C)NC(=O)C(CCN)N2C. The molecule has 3 N–H and O–H groups in total. The van der Waals surface area contributed by atoms with Gasteiger partial charge in [-0.1, -0.05) is 6.07 Å². The molecule has 0 spiro atoms. The number of carbonyl (C=O) groups is 1. The van der Waals surface area contributed by atoms with Crippen molar-refractivity contribution in [2.24, 2.45) is 5.73 Å². The summed E-state index contributed by atoms with van der Waals surface area (Å²) < 4.78 is 0. The lowest BCUT2D eigenvalue weighted by molar-refractivity contribution is -0.117. The van der Waals surface area contributed by atoms with Gasteiger partial charge in [0.1, 0.15) is 6.04 Å². The number of likely N-dealkylation sites (N-methyl/N-ethyl adjacent to an activating group) is 1. The van der Waals surface area contributed by atoms with E-state index in [1.165, 1.54) is 5.56 Å². The van der Waals surface area contributed by atoms with Gasteiger partial charge in [-0.05, 0) is 44.0 Å². The molecule has 0 fully saturated rings. The smallest absolute Gasteiger partial charge is 0.247 e. The maximum atomic E-state index is 12.0. The van der Waals surface area contributed by atoms with Gasteiger partial charge in [-0.25, -0.2) is 0 Å². The number of benzene rings is 1. The number of fused-ring (bicyclic) bond motifs is 1. The van der Waals surface area contributed by atoms with Gasteiger partial charge in [-0.3, -0.25) is 4.79 Å². The fourth-order valence-electron chi connectivity index (χ4n) is 2.29. The number of amides is 1. The Morgan fingerprint density at radius 1 is 1.41 bits per heavy atom. The van der Waals surface area contributed by atoms with Crippen LogP contribution in [0.15, 0.2) is 12.1 Å². The number of nitrogens with one attached hydrogen (secondary N) is 1. The Morgan fingerprint density at radius 3 is 2.76 bits per heavy atom. The van der Waals surface area contributed by atoms with Crippen molar-refractivity contribution in [3.05, 3.63) is 23.3 Å². The molecule has 0 saturated carbocycles. The molecule has 1 aliphatic rings. The average molecular weight is 233 g/mol. The first kappa shape index (κ1) is 11.9. The maximum Gasteiger partial charge on any atom is 0.247 e. The van der Waals surface area contributed by atoms with Crippen molar-refractivity contribution >= 4 is 17.3 Å². The summed E-state index contributed by atoms with van der Waals surface area (Å²) in [6.07, 6.45) is 0.675. The van der Waals surface area contributed by atoms with E-state index >= 15 is 0 Å². The molecule has 1 heterocycles. The Balaban J connectivity index is 2.45. The number of nitrogens with zero attached hydrogens (tertiary/aromatic N) is 1. The first-order valence-electron chi connectivity index (χ1n) is 5.90. The molecule has 0 aromatic heterocycles. The van der Waals surface area contributed by atoms with Gasteiger partial charge in [0.15, 0.2) is 0 Å². The van der Waals surface area contributed by atoms with Crippen LogP contribution >= 0.6 is 0 Å². The quantitative estimate of drug-likeness (QED) is 0.812. The summed E-state index contributed by atoms with van der Waals surface area (Å²) in [6.45, 7) is 4.60. The Labute approximate surface area is 102 Å². The van der Waals surface area contributed by atoms with Gasteiger partial charge in [-0.2, -0.15) is 0 Å². The van der Waals surface area contributed by atoms with Crippen molar-refractivity contribution in [1.82, 2.24) is 0 Å². The first-order valence-corrected chi connectivity index (χ1v) is 5.90. The standard InChI is InChI=1S/C13H19N3O/c1-8-4-5-10-12(9(8)2)15-13(17)11(6-7-14)16(10)3/h4-5,11H,6-7,14H2,1-3H3,(H,15,17). The third-order valence-corrected chi connectivity index (χ3v) is 3.55. The fraction of sp³-hybridized carbons (Fsp3) is 0.462. The number of hydrogen-bond acceptors (Lipinski definition) is 3. The van der Waals surface area contributed by atoms with Gasteiger partial charge in [0.2, 0.25) is 5.91 Å². The van der Waals surface area contributed by atoms with Crippen LogP contribution in [0.25, 0.3) is 0 Å². The van der Waals surface area contributed by atoms with E-state index in [0.29, 0.717) is 13.0 Å². The van der Waals surface area contributed by atoms with Gasteiger partial charge >= 0.3 is 0 Å². The van der Waals surface area contributed by atoms with Gasteiger partial charge < -0.3 is 16.0 Å². The second-order valence-electron chi connectivity index (χ2n) is 4.59. The van der Waals surface area contributed by atoms with Gasteiger partial charge in [0, 0.05) is 7.05 Å². The van der Waals surface area contributed by atoms with E-state index in [2.05, 4.69) is 17.4 Å². The minimum atomic E-state index is -0.158. The highest BCUT2D eigenvalue weighted by Gasteiger charge is 2.30. The largest absolute Gasteiger partial charge is 0.361 e. The van der Waals surface area contributed by atoms with Crippen LogP contribution in [0.2, 0.25) is 0 Å². The molecule has 0 aliphatic carbocycles. The van der Waals surface area contributed by atoms with Crippen molar-refractivity contribution in [2.75, 3.05) is 23.8 Å². The predicted molar refractivity (Wildman–Crippen MR) is 70.4 cm³/mol. The van der Waals surface area contributed by atoms with E-state index in [4.69, 9.17) is 5.73 Å². The Bertz CT molecular complexity index is 456. The monoisotopic (exact) mass is 233 g/mol. The maximum absolute atomic E-state index is 12.0. The van der Waals surface area contributed by atoms with Crippen molar-refractivity contribution in [1.29, 1.82) is 0 Å². The summed E-state index contributed by atoms with van der Waals surface area (Å²) in [7, 11) is 1.95. The van der Waals surface area contributed by atoms with E-state index in [1.54, 1.807) is 0 Å². The van der Waals surface area contributed by atoms with Gasteiger partial charge in [-0.15, -0.1) is 0 Å². The van der Waals surface area contributed by atoms with E-state index < -0.39 is 0 Å². The molecule has 1 atom stereocenters. The Kier molecular flexibility index (Phi) is 3.07. The first-order chi connectivity index (χ1) is 8.06. The minimum absolute atomic E-state index is 0.0409. The van der Waals surface area contributed by atoms with Crippen LogP contribution in [0.3, 0.4) is 0 Å². The van der Waals surface area contributed by atoms with Crippen molar-refractivity contribution in [2.45, 2.75) is 26.3 Å². The molecule has 17 heavy (non-hydrogen) atoms. The highest BCUT2D eigenvalue weighted by Crippen LogP contribution is 2.35. The molecule has 1 amide bonds. The lowest BCUT2D eigenvalue weighted by Crippen LogP contribution is -2.47. The topological polar surface area (TPSA) is 58.4 Å². The van der Waals surface area contributed by atoms with E-state index in [-0.39, 0.29) is 11.9 Å². The normalized spacial score (nSPS) is 18.9. The summed E-state index contributed by atoms with van der Waals surface area (Å²) in [6, 6.07) is 3.98. The van der Waals surface area contributed by atoms with Crippen molar-refractivity contribution < 1.29 is 4.79 Å². The van der Waals surface area contributed by atoms with E-state index in [9.17, 15) is 4.79 Å². The molecule has 1 unspecified atom stereocenters. The third kappa shape index (κ3) is 1.89. The molecular weight excluding hydrogens is 214 g/mol. The number of hydrogen-bond donors (Lipinski definition) is 2. The van der Waals surface area contributed by atoms with Crippen molar-refractivity contribution in [3.8, 4) is 0 Å². The highest BCUT2D eigenvalue weighted by molar-refractivity contribution is 6.04. The van der Waals surface area contributed by atoms with E-state index in [1.807, 2.05) is 25.8 Å². The molecule has 4 heteroatoms. The Hall–Kier alpha value is -1.55. The predicted octanol–water partition coefficient (Wildman–Crippen LogP) is 1.41. The summed E-state index contributed by atoms with van der Waals surface area (Å²) in [4.78, 5) is 14.0. The lowest BCUT2D eigenvalue weighted by Gasteiger charge is -2.36. The zero-order valence-electron chi connectivity index (χ0n) is 10.6. The summed E-state index contributed by atoms with van der Waals surface area (Å²) in [5, 5.41) is 3.00. The number of rotatable bonds is 2. The zero-order valence-corrected chi connectivity index (χ0v) is 10.6. The number of nitrogens with two attached hydrogens (primary N) is 1. The number of anilines is 2. The third-order valence-electron chi connectivity index (χ3n) is 3.55. The van der Waals surface area contributed by atoms with Crippen LogP contribution in [0.5, 0.6) is 0 Å². The fourth-order valence-corrected chi connectivity index (χ4v) is 2.29. The number of carbonyl (C=O) groups excluding carboxylic acids is 1. The van der Waals surface area contributed by atoms with Gasteiger partial charge in [0.25, 0.3) is 0 Å². The molecule has 2 rings (SSSR count). The second-order valence-corrected chi connectivity index (χ2v) is 4.59.